The van der Waals surface area contributed by atoms with E-state index in [1.165, 1.54) is 18.4 Å². The van der Waals surface area contributed by atoms with E-state index in [0.29, 0.717) is 40.3 Å². The Morgan fingerprint density at radius 2 is 1.94 bits per heavy atom. The third kappa shape index (κ3) is 4.41. The molecule has 0 saturated carbocycles. The number of methoxy groups -OCH3 is 2. The molecular formula is C24H25ClN4O3S. The van der Waals surface area contributed by atoms with Gasteiger partial charge in [-0.3, -0.25) is 14.4 Å². The maximum absolute atomic E-state index is 13.8. The molecule has 0 bridgehead atoms. The van der Waals surface area contributed by atoms with Crippen LogP contribution < -0.4 is 14.4 Å². The maximum atomic E-state index is 13.8. The Balaban J connectivity index is 1.78. The molecule has 0 fully saturated rings. The quantitative estimate of drug-likeness (QED) is 0.349. The Morgan fingerprint density at radius 3 is 2.61 bits per heavy atom. The number of aromatic nitrogens is 3. The van der Waals surface area contributed by atoms with E-state index in [0.717, 1.165) is 27.2 Å². The number of fused-ring (bicyclic) bond motifs is 1. The van der Waals surface area contributed by atoms with Crippen molar-refractivity contribution in [2.75, 3.05) is 25.7 Å². The summed E-state index contributed by atoms with van der Waals surface area (Å²) in [6, 6.07) is 11.1. The topological polar surface area (TPSA) is 69.5 Å². The van der Waals surface area contributed by atoms with Gasteiger partial charge in [-0.05, 0) is 56.7 Å². The van der Waals surface area contributed by atoms with E-state index in [1.54, 1.807) is 30.2 Å². The summed E-state index contributed by atoms with van der Waals surface area (Å²) in [5.74, 6) is 0.658. The number of carbonyl (C=O) groups excluding carboxylic acids is 1. The summed E-state index contributed by atoms with van der Waals surface area (Å²) < 4.78 is 13.8. The smallest absolute Gasteiger partial charge is 0.264 e. The minimum absolute atomic E-state index is 0.227. The molecule has 0 spiro atoms. The third-order valence-electron chi connectivity index (χ3n) is 5.48. The van der Waals surface area contributed by atoms with Gasteiger partial charge in [0.05, 0.1) is 42.2 Å². The molecule has 33 heavy (non-hydrogen) atoms. The summed E-state index contributed by atoms with van der Waals surface area (Å²) in [5, 5.41) is 5.77. The maximum Gasteiger partial charge on any atom is 0.264 e. The van der Waals surface area contributed by atoms with E-state index >= 15 is 0 Å². The highest BCUT2D eigenvalue weighted by molar-refractivity contribution is 7.22. The molecule has 1 amide bonds. The van der Waals surface area contributed by atoms with Gasteiger partial charge in [-0.15, -0.1) is 0 Å². The van der Waals surface area contributed by atoms with Gasteiger partial charge in [0, 0.05) is 17.3 Å². The first-order chi connectivity index (χ1) is 15.8. The monoisotopic (exact) mass is 484 g/mol. The van der Waals surface area contributed by atoms with Gasteiger partial charge in [-0.2, -0.15) is 5.10 Å². The number of aryl methyl sites for hydroxylation is 3. The lowest BCUT2D eigenvalue weighted by Crippen LogP contribution is -2.34. The molecule has 2 aromatic carbocycles. The molecule has 0 unspecified atom stereocenters. The van der Waals surface area contributed by atoms with E-state index in [-0.39, 0.29) is 5.91 Å². The fourth-order valence-electron chi connectivity index (χ4n) is 3.79. The molecule has 2 heterocycles. The highest BCUT2D eigenvalue weighted by Crippen LogP contribution is 2.36. The molecule has 0 aliphatic heterocycles. The van der Waals surface area contributed by atoms with Crippen molar-refractivity contribution in [1.29, 1.82) is 0 Å². The summed E-state index contributed by atoms with van der Waals surface area (Å²) in [7, 11) is 3.07. The summed E-state index contributed by atoms with van der Waals surface area (Å²) in [6.07, 6.45) is 0. The lowest BCUT2D eigenvalue weighted by Gasteiger charge is -2.22. The highest BCUT2D eigenvalue weighted by Gasteiger charge is 2.26. The Kier molecular flexibility index (Phi) is 6.58. The van der Waals surface area contributed by atoms with Crippen molar-refractivity contribution in [3.8, 4) is 11.5 Å². The van der Waals surface area contributed by atoms with Crippen LogP contribution in [-0.2, 0) is 6.54 Å². The van der Waals surface area contributed by atoms with Crippen molar-refractivity contribution >= 4 is 44.2 Å². The van der Waals surface area contributed by atoms with Crippen LogP contribution in [0.25, 0.3) is 10.2 Å². The number of amides is 1. The predicted octanol–water partition coefficient (Wildman–Crippen LogP) is 5.44. The average Bonchev–Trinajstić information content (AvgIpc) is 3.38. The van der Waals surface area contributed by atoms with Crippen LogP contribution in [0.3, 0.4) is 0 Å². The van der Waals surface area contributed by atoms with Crippen LogP contribution in [0.1, 0.15) is 27.3 Å². The number of hydrogen-bond donors (Lipinski definition) is 0. The van der Waals surface area contributed by atoms with Crippen molar-refractivity contribution in [2.45, 2.75) is 27.3 Å². The molecule has 172 valence electrons. The number of nitrogens with zero attached hydrogens (tertiary/aromatic N) is 4. The fraction of sp³-hybridized carbons (Fsp3) is 0.292. The largest absolute Gasteiger partial charge is 0.493 e. The predicted molar refractivity (Wildman–Crippen MR) is 132 cm³/mol. The standard InChI is InChI=1S/C24H25ClN4O3S/c1-14-13-15(2)29(27-14)12-11-28(23(30)17-7-6-8-19(31-4)22(17)32-5)24-26-21-16(3)18(25)9-10-20(21)33-24/h6-10,13H,11-12H2,1-5H3. The van der Waals surface area contributed by atoms with Crippen molar-refractivity contribution in [3.63, 3.8) is 0 Å². The molecule has 0 radical (unpaired) electrons. The molecular weight excluding hydrogens is 460 g/mol. The first-order valence-corrected chi connectivity index (χ1v) is 11.6. The Bertz CT molecular complexity index is 1330. The molecule has 0 aliphatic rings. The van der Waals surface area contributed by atoms with E-state index in [4.69, 9.17) is 26.1 Å². The van der Waals surface area contributed by atoms with Crippen LogP contribution in [-0.4, -0.2) is 41.4 Å². The van der Waals surface area contributed by atoms with Gasteiger partial charge < -0.3 is 9.47 Å². The van der Waals surface area contributed by atoms with Gasteiger partial charge in [0.2, 0.25) is 0 Å². The number of thiazole rings is 1. The Labute approximate surface area is 201 Å². The van der Waals surface area contributed by atoms with Gasteiger partial charge in [-0.1, -0.05) is 29.0 Å². The second kappa shape index (κ2) is 9.41. The fourth-order valence-corrected chi connectivity index (χ4v) is 4.99. The van der Waals surface area contributed by atoms with Crippen molar-refractivity contribution in [2.24, 2.45) is 0 Å². The summed E-state index contributed by atoms with van der Waals surface area (Å²) in [4.78, 5) is 20.3. The number of carbonyl (C=O) groups is 1. The zero-order chi connectivity index (χ0) is 23.7. The molecule has 4 rings (SSSR count). The van der Waals surface area contributed by atoms with Gasteiger partial charge in [-0.25, -0.2) is 4.98 Å². The molecule has 4 aromatic rings. The first kappa shape index (κ1) is 23.1. The Morgan fingerprint density at radius 1 is 1.15 bits per heavy atom. The van der Waals surface area contributed by atoms with Gasteiger partial charge >= 0.3 is 0 Å². The van der Waals surface area contributed by atoms with Gasteiger partial charge in [0.25, 0.3) is 5.91 Å². The zero-order valence-electron chi connectivity index (χ0n) is 19.2. The zero-order valence-corrected chi connectivity index (χ0v) is 20.8. The number of para-hydroxylation sites is 1. The number of benzene rings is 2. The SMILES string of the molecule is COc1cccc(C(=O)N(CCn2nc(C)cc2C)c2nc3c(C)c(Cl)ccc3s2)c1OC. The first-order valence-electron chi connectivity index (χ1n) is 10.4. The molecule has 0 atom stereocenters. The molecule has 7 nitrogen and oxygen atoms in total. The molecule has 0 saturated heterocycles. The van der Waals surface area contributed by atoms with Crippen LogP contribution in [0.4, 0.5) is 5.13 Å². The summed E-state index contributed by atoms with van der Waals surface area (Å²) >= 11 is 7.76. The minimum atomic E-state index is -0.227. The number of rotatable bonds is 7. The second-order valence-electron chi connectivity index (χ2n) is 7.66. The molecule has 2 aromatic heterocycles. The number of halogens is 1. The van der Waals surface area contributed by atoms with Crippen LogP contribution in [0.2, 0.25) is 5.02 Å². The van der Waals surface area contributed by atoms with Crippen LogP contribution in [0.5, 0.6) is 11.5 Å². The van der Waals surface area contributed by atoms with Crippen molar-refractivity contribution < 1.29 is 14.3 Å². The minimum Gasteiger partial charge on any atom is -0.493 e. The van der Waals surface area contributed by atoms with E-state index < -0.39 is 0 Å². The summed E-state index contributed by atoms with van der Waals surface area (Å²) in [5.41, 5.74) is 4.06. The second-order valence-corrected chi connectivity index (χ2v) is 9.08. The van der Waals surface area contributed by atoms with E-state index in [1.807, 2.05) is 43.7 Å². The van der Waals surface area contributed by atoms with Gasteiger partial charge in [0.1, 0.15) is 0 Å². The molecule has 9 heteroatoms. The normalized spacial score (nSPS) is 11.1. The van der Waals surface area contributed by atoms with Crippen LogP contribution in [0.15, 0.2) is 36.4 Å². The van der Waals surface area contributed by atoms with Gasteiger partial charge in [0.15, 0.2) is 16.6 Å². The van der Waals surface area contributed by atoms with Crippen molar-refractivity contribution in [1.82, 2.24) is 14.8 Å². The lowest BCUT2D eigenvalue weighted by atomic mass is 10.1. The molecule has 0 aliphatic carbocycles. The van der Waals surface area contributed by atoms with E-state index in [2.05, 4.69) is 5.10 Å². The van der Waals surface area contributed by atoms with Crippen LogP contribution >= 0.6 is 22.9 Å². The number of anilines is 1. The lowest BCUT2D eigenvalue weighted by molar-refractivity contribution is 0.0982. The van der Waals surface area contributed by atoms with E-state index in [9.17, 15) is 4.79 Å². The van der Waals surface area contributed by atoms with Crippen molar-refractivity contribution in [3.05, 3.63) is 63.9 Å². The highest BCUT2D eigenvalue weighted by atomic mass is 35.5. The third-order valence-corrected chi connectivity index (χ3v) is 6.94. The average molecular weight is 485 g/mol. The van der Waals surface area contributed by atoms with Crippen LogP contribution in [0, 0.1) is 20.8 Å². The molecule has 0 N–H and O–H groups in total. The summed E-state index contributed by atoms with van der Waals surface area (Å²) in [6.45, 7) is 6.79. The Hall–Kier alpha value is -3.10. The number of ether oxygens (including phenoxy) is 2. The number of hydrogen-bond acceptors (Lipinski definition) is 6.